The van der Waals surface area contributed by atoms with Crippen LogP contribution in [0.2, 0.25) is 0 Å². The van der Waals surface area contributed by atoms with Crippen molar-refractivity contribution in [2.75, 3.05) is 26.8 Å². The van der Waals surface area contributed by atoms with Crippen molar-refractivity contribution in [1.82, 2.24) is 9.62 Å². The van der Waals surface area contributed by atoms with Crippen molar-refractivity contribution >= 4 is 21.9 Å². The second kappa shape index (κ2) is 7.63. The molecule has 0 unspecified atom stereocenters. The number of esters is 1. The van der Waals surface area contributed by atoms with Crippen LogP contribution in [0, 0.1) is 0 Å². The van der Waals surface area contributed by atoms with Crippen LogP contribution in [0.4, 0.5) is 0 Å². The van der Waals surface area contributed by atoms with Gasteiger partial charge in [0.2, 0.25) is 15.9 Å². The Balaban J connectivity index is 2.30. The molecule has 1 saturated heterocycles. The van der Waals surface area contributed by atoms with Crippen LogP contribution in [0.25, 0.3) is 0 Å². The molecule has 0 spiro atoms. The number of piperazine rings is 1. The number of amides is 1. The number of carbonyl (C=O) groups is 2. The second-order valence-electron chi connectivity index (χ2n) is 5.11. The zero-order valence-electron chi connectivity index (χ0n) is 13.5. The van der Waals surface area contributed by atoms with E-state index in [-0.39, 0.29) is 24.4 Å². The molecule has 1 amide bonds. The Morgan fingerprint density at radius 1 is 1.33 bits per heavy atom. The molecule has 1 aliphatic heterocycles. The van der Waals surface area contributed by atoms with E-state index in [1.54, 1.807) is 12.1 Å². The number of methoxy groups -OCH3 is 1. The lowest BCUT2D eigenvalue weighted by molar-refractivity contribution is -0.144. The summed E-state index contributed by atoms with van der Waals surface area (Å²) in [6, 6.07) is 4.82. The molecule has 0 aliphatic carbocycles. The third-order valence-electron chi connectivity index (χ3n) is 3.61. The third kappa shape index (κ3) is 3.85. The molecular weight excluding hydrogens is 336 g/mol. The molecule has 24 heavy (non-hydrogen) atoms. The standard InChI is InChI=1S/C15H20N2O6S/c1-3-23-11-4-6-12(7-5-11)24(20,21)17-9-8-16-15(19)13(17)10-14(18)22-2/h4-7,13H,3,8-10H2,1-2H3,(H,16,19)/t13-/m1/s1. The van der Waals surface area contributed by atoms with Gasteiger partial charge in [0.25, 0.3) is 0 Å². The molecule has 1 heterocycles. The predicted octanol–water partition coefficient (Wildman–Crippen LogP) is 0.138. The molecule has 0 bridgehead atoms. The topological polar surface area (TPSA) is 102 Å². The number of rotatable bonds is 6. The van der Waals surface area contributed by atoms with E-state index in [1.807, 2.05) is 6.92 Å². The van der Waals surface area contributed by atoms with E-state index >= 15 is 0 Å². The monoisotopic (exact) mass is 356 g/mol. The smallest absolute Gasteiger partial charge is 0.307 e. The summed E-state index contributed by atoms with van der Waals surface area (Å²) in [5.74, 6) is -0.607. The lowest BCUT2D eigenvalue weighted by atomic mass is 10.1. The van der Waals surface area contributed by atoms with Crippen LogP contribution in [0.15, 0.2) is 29.2 Å². The predicted molar refractivity (Wildman–Crippen MR) is 84.9 cm³/mol. The summed E-state index contributed by atoms with van der Waals surface area (Å²) < 4.78 is 36.6. The summed E-state index contributed by atoms with van der Waals surface area (Å²) >= 11 is 0. The van der Waals surface area contributed by atoms with Gasteiger partial charge in [-0.2, -0.15) is 4.31 Å². The van der Waals surface area contributed by atoms with E-state index in [9.17, 15) is 18.0 Å². The summed E-state index contributed by atoms with van der Waals surface area (Å²) in [6.45, 7) is 2.57. The van der Waals surface area contributed by atoms with Gasteiger partial charge in [0.05, 0.1) is 25.0 Å². The molecule has 0 saturated carbocycles. The molecule has 1 fully saturated rings. The Hall–Kier alpha value is -2.13. The lowest BCUT2D eigenvalue weighted by Gasteiger charge is -2.33. The van der Waals surface area contributed by atoms with Crippen molar-refractivity contribution in [3.8, 4) is 5.75 Å². The minimum atomic E-state index is -3.92. The Morgan fingerprint density at radius 3 is 2.58 bits per heavy atom. The van der Waals surface area contributed by atoms with Gasteiger partial charge < -0.3 is 14.8 Å². The van der Waals surface area contributed by atoms with Gasteiger partial charge in [-0.25, -0.2) is 8.42 Å². The van der Waals surface area contributed by atoms with E-state index in [0.717, 1.165) is 4.31 Å². The van der Waals surface area contributed by atoms with Crippen LogP contribution < -0.4 is 10.1 Å². The molecule has 9 heteroatoms. The molecule has 1 aliphatic rings. The fourth-order valence-electron chi connectivity index (χ4n) is 2.43. The molecule has 8 nitrogen and oxygen atoms in total. The molecule has 1 aromatic rings. The quantitative estimate of drug-likeness (QED) is 0.728. The third-order valence-corrected chi connectivity index (χ3v) is 5.53. The van der Waals surface area contributed by atoms with Gasteiger partial charge in [0.15, 0.2) is 0 Å². The number of hydrogen-bond acceptors (Lipinski definition) is 6. The highest BCUT2D eigenvalue weighted by Crippen LogP contribution is 2.23. The number of nitrogens with zero attached hydrogens (tertiary/aromatic N) is 1. The zero-order chi connectivity index (χ0) is 17.7. The molecule has 0 radical (unpaired) electrons. The summed E-state index contributed by atoms with van der Waals surface area (Å²) in [5, 5.41) is 2.57. The number of ether oxygens (including phenoxy) is 2. The highest BCUT2D eigenvalue weighted by molar-refractivity contribution is 7.89. The fraction of sp³-hybridized carbons (Fsp3) is 0.467. The molecular formula is C15H20N2O6S. The molecule has 1 aromatic carbocycles. The molecule has 1 N–H and O–H groups in total. The van der Waals surface area contributed by atoms with Crippen LogP contribution in [-0.4, -0.2) is 57.4 Å². The normalized spacial score (nSPS) is 18.8. The first-order valence-electron chi connectivity index (χ1n) is 7.49. The van der Waals surface area contributed by atoms with Crippen molar-refractivity contribution in [2.24, 2.45) is 0 Å². The van der Waals surface area contributed by atoms with Gasteiger partial charge in [-0.1, -0.05) is 0 Å². The van der Waals surface area contributed by atoms with E-state index in [4.69, 9.17) is 4.74 Å². The SMILES string of the molecule is CCOc1ccc(S(=O)(=O)N2CCNC(=O)[C@H]2CC(=O)OC)cc1. The van der Waals surface area contributed by atoms with E-state index in [0.29, 0.717) is 12.4 Å². The maximum Gasteiger partial charge on any atom is 0.307 e. The maximum atomic E-state index is 12.8. The minimum Gasteiger partial charge on any atom is -0.494 e. The van der Waals surface area contributed by atoms with Crippen molar-refractivity contribution in [3.63, 3.8) is 0 Å². The summed E-state index contributed by atoms with van der Waals surface area (Å²) in [7, 11) is -2.73. The zero-order valence-corrected chi connectivity index (χ0v) is 14.3. The minimum absolute atomic E-state index is 0.0375. The van der Waals surface area contributed by atoms with Crippen LogP contribution in [0.1, 0.15) is 13.3 Å². The van der Waals surface area contributed by atoms with Crippen LogP contribution >= 0.6 is 0 Å². The van der Waals surface area contributed by atoms with Gasteiger partial charge >= 0.3 is 5.97 Å². The Bertz CT molecular complexity index is 701. The molecule has 1 atom stereocenters. The van der Waals surface area contributed by atoms with Crippen LogP contribution in [-0.2, 0) is 24.3 Å². The summed E-state index contributed by atoms with van der Waals surface area (Å²) in [6.07, 6.45) is -0.335. The average Bonchev–Trinajstić information content (AvgIpc) is 2.57. The Morgan fingerprint density at radius 2 is 2.00 bits per heavy atom. The number of benzene rings is 1. The van der Waals surface area contributed by atoms with Crippen molar-refractivity contribution in [1.29, 1.82) is 0 Å². The number of sulfonamides is 1. The van der Waals surface area contributed by atoms with Crippen molar-refractivity contribution in [2.45, 2.75) is 24.3 Å². The number of hydrogen-bond donors (Lipinski definition) is 1. The highest BCUT2D eigenvalue weighted by Gasteiger charge is 2.39. The average molecular weight is 356 g/mol. The first-order chi connectivity index (χ1) is 11.4. The van der Waals surface area contributed by atoms with Gasteiger partial charge in [0.1, 0.15) is 11.8 Å². The van der Waals surface area contributed by atoms with E-state index in [2.05, 4.69) is 10.1 Å². The highest BCUT2D eigenvalue weighted by atomic mass is 32.2. The summed E-state index contributed by atoms with van der Waals surface area (Å²) in [5.41, 5.74) is 0. The van der Waals surface area contributed by atoms with Gasteiger partial charge in [-0.15, -0.1) is 0 Å². The molecule has 0 aromatic heterocycles. The molecule has 2 rings (SSSR count). The fourth-order valence-corrected chi connectivity index (χ4v) is 4.01. The van der Waals surface area contributed by atoms with E-state index in [1.165, 1.54) is 19.2 Å². The second-order valence-corrected chi connectivity index (χ2v) is 7.00. The number of nitrogens with one attached hydrogen (secondary N) is 1. The Kier molecular flexibility index (Phi) is 5.79. The van der Waals surface area contributed by atoms with E-state index < -0.39 is 27.9 Å². The van der Waals surface area contributed by atoms with Gasteiger partial charge in [-0.05, 0) is 31.2 Å². The van der Waals surface area contributed by atoms with Crippen LogP contribution in [0.5, 0.6) is 5.75 Å². The lowest BCUT2D eigenvalue weighted by Crippen LogP contribution is -2.57. The van der Waals surface area contributed by atoms with Crippen LogP contribution in [0.3, 0.4) is 0 Å². The largest absolute Gasteiger partial charge is 0.494 e. The maximum absolute atomic E-state index is 12.8. The Labute approximate surface area is 140 Å². The van der Waals surface area contributed by atoms with Gasteiger partial charge in [0, 0.05) is 13.1 Å². The first kappa shape index (κ1) is 18.2. The van der Waals surface area contributed by atoms with Gasteiger partial charge in [-0.3, -0.25) is 9.59 Å². The van der Waals surface area contributed by atoms with Crippen molar-refractivity contribution in [3.05, 3.63) is 24.3 Å². The summed E-state index contributed by atoms with van der Waals surface area (Å²) in [4.78, 5) is 23.6. The number of carbonyl (C=O) groups excluding carboxylic acids is 2. The first-order valence-corrected chi connectivity index (χ1v) is 8.93. The molecule has 132 valence electrons. The van der Waals surface area contributed by atoms with Crippen molar-refractivity contribution < 1.29 is 27.5 Å².